The van der Waals surface area contributed by atoms with Crippen LogP contribution in [0.4, 0.5) is 8.78 Å². The summed E-state index contributed by atoms with van der Waals surface area (Å²) in [5.74, 6) is -3.09. The van der Waals surface area contributed by atoms with Crippen molar-refractivity contribution in [3.8, 4) is 0 Å². The topological polar surface area (TPSA) is 29.1 Å². The molecule has 0 bridgehead atoms. The minimum atomic E-state index is -2.73. The van der Waals surface area contributed by atoms with Crippen molar-refractivity contribution in [2.45, 2.75) is 18.4 Å². The second-order valence-corrected chi connectivity index (χ2v) is 2.60. The van der Waals surface area contributed by atoms with Crippen LogP contribution in [0.1, 0.15) is 6.42 Å². The summed E-state index contributed by atoms with van der Waals surface area (Å²) < 4.78 is 24.9. The van der Waals surface area contributed by atoms with Crippen LogP contribution < -0.4 is 5.32 Å². The summed E-state index contributed by atoms with van der Waals surface area (Å²) in [7, 11) is 0. The fourth-order valence-electron chi connectivity index (χ4n) is 1.06. The predicted octanol–water partition coefficient (Wildman–Crippen LogP) is 0.739. The minimum Gasteiger partial charge on any atom is -0.301 e. The third-order valence-corrected chi connectivity index (χ3v) is 1.65. The van der Waals surface area contributed by atoms with Crippen molar-refractivity contribution in [1.82, 2.24) is 5.32 Å². The van der Waals surface area contributed by atoms with Gasteiger partial charge in [0.25, 0.3) is 5.92 Å². The first-order chi connectivity index (χ1) is 5.05. The number of carbonyl (C=O) groups is 1. The van der Waals surface area contributed by atoms with E-state index in [1.165, 1.54) is 0 Å². The van der Waals surface area contributed by atoms with Crippen LogP contribution in [-0.4, -0.2) is 24.3 Å². The Balaban J connectivity index is 2.54. The molecule has 0 spiro atoms. The molecule has 0 unspecified atom stereocenters. The molecule has 1 N–H and O–H groups in total. The molecule has 1 saturated heterocycles. The highest BCUT2D eigenvalue weighted by Gasteiger charge is 2.41. The van der Waals surface area contributed by atoms with E-state index in [-0.39, 0.29) is 5.78 Å². The van der Waals surface area contributed by atoms with Crippen LogP contribution in [-0.2, 0) is 4.79 Å². The second kappa shape index (κ2) is 2.70. The summed E-state index contributed by atoms with van der Waals surface area (Å²) in [6.45, 7) is 2.81. The lowest BCUT2D eigenvalue weighted by molar-refractivity contribution is -0.116. The highest BCUT2D eigenvalue weighted by Crippen LogP contribution is 2.25. The Hall–Kier alpha value is -0.770. The molecule has 1 aliphatic rings. The first-order valence-corrected chi connectivity index (χ1v) is 3.33. The van der Waals surface area contributed by atoms with Crippen LogP contribution in [0, 0.1) is 0 Å². The Labute approximate surface area is 63.3 Å². The van der Waals surface area contributed by atoms with Crippen LogP contribution in [0.25, 0.3) is 0 Å². The van der Waals surface area contributed by atoms with Gasteiger partial charge in [-0.15, -0.1) is 0 Å². The van der Waals surface area contributed by atoms with E-state index in [4.69, 9.17) is 0 Å². The fraction of sp³-hybridized carbons (Fsp3) is 0.571. The van der Waals surface area contributed by atoms with Crippen molar-refractivity contribution in [3.63, 3.8) is 0 Å². The largest absolute Gasteiger partial charge is 0.301 e. The molecule has 1 rings (SSSR count). The van der Waals surface area contributed by atoms with Crippen LogP contribution >= 0.6 is 0 Å². The molecular formula is C7H9F2NO. The highest BCUT2D eigenvalue weighted by atomic mass is 19.3. The zero-order valence-electron chi connectivity index (χ0n) is 5.94. The second-order valence-electron chi connectivity index (χ2n) is 2.60. The van der Waals surface area contributed by atoms with E-state index >= 15 is 0 Å². The number of halogens is 2. The monoisotopic (exact) mass is 161 g/mol. The smallest absolute Gasteiger partial charge is 0.262 e. The van der Waals surface area contributed by atoms with E-state index in [0.717, 1.165) is 6.08 Å². The van der Waals surface area contributed by atoms with Crippen molar-refractivity contribution >= 4 is 5.78 Å². The molecule has 0 aliphatic carbocycles. The third kappa shape index (κ3) is 1.83. The molecule has 62 valence electrons. The lowest BCUT2D eigenvalue weighted by Gasteiger charge is -2.05. The molecule has 0 radical (unpaired) electrons. The zero-order valence-corrected chi connectivity index (χ0v) is 5.94. The Morgan fingerprint density at radius 1 is 1.73 bits per heavy atom. The van der Waals surface area contributed by atoms with Gasteiger partial charge in [-0.1, -0.05) is 6.58 Å². The van der Waals surface area contributed by atoms with Gasteiger partial charge in [-0.2, -0.15) is 0 Å². The van der Waals surface area contributed by atoms with Crippen LogP contribution in [0.5, 0.6) is 0 Å². The maximum Gasteiger partial charge on any atom is 0.262 e. The molecule has 1 atom stereocenters. The molecule has 1 aliphatic heterocycles. The van der Waals surface area contributed by atoms with Crippen LogP contribution in [0.15, 0.2) is 12.7 Å². The van der Waals surface area contributed by atoms with Gasteiger partial charge in [0.15, 0.2) is 5.78 Å². The molecule has 1 fully saturated rings. The molecule has 4 heteroatoms. The Bertz CT molecular complexity index is 191. The van der Waals surface area contributed by atoms with Gasteiger partial charge in [-0.3, -0.25) is 4.79 Å². The SMILES string of the molecule is C=CC(=O)[C@@H]1CC(F)(F)CN1. The van der Waals surface area contributed by atoms with E-state index in [9.17, 15) is 13.6 Å². The lowest BCUT2D eigenvalue weighted by atomic mass is 10.1. The number of carbonyl (C=O) groups excluding carboxylic acids is 1. The summed E-state index contributed by atoms with van der Waals surface area (Å²) in [6.07, 6.45) is 0.664. The number of nitrogens with one attached hydrogen (secondary N) is 1. The number of ketones is 1. The molecule has 11 heavy (non-hydrogen) atoms. The number of rotatable bonds is 2. The first-order valence-electron chi connectivity index (χ1n) is 3.33. The van der Waals surface area contributed by atoms with Gasteiger partial charge in [0.05, 0.1) is 12.6 Å². The summed E-state index contributed by atoms with van der Waals surface area (Å²) >= 11 is 0. The Morgan fingerprint density at radius 2 is 2.36 bits per heavy atom. The van der Waals surface area contributed by atoms with Gasteiger partial charge < -0.3 is 5.32 Å². The summed E-state index contributed by atoms with van der Waals surface area (Å²) in [4.78, 5) is 10.8. The molecule has 0 aromatic carbocycles. The van der Waals surface area contributed by atoms with E-state index < -0.39 is 24.9 Å². The quantitative estimate of drug-likeness (QED) is 0.605. The molecule has 1 heterocycles. The summed E-state index contributed by atoms with van der Waals surface area (Å²) in [5, 5.41) is 2.43. The maximum atomic E-state index is 12.4. The maximum absolute atomic E-state index is 12.4. The van der Waals surface area contributed by atoms with E-state index in [0.29, 0.717) is 0 Å². The first kappa shape index (κ1) is 8.33. The average Bonchev–Trinajstić information content (AvgIpc) is 2.29. The van der Waals surface area contributed by atoms with Gasteiger partial charge in [-0.05, 0) is 6.08 Å². The normalized spacial score (nSPS) is 28.4. The van der Waals surface area contributed by atoms with Crippen molar-refractivity contribution in [3.05, 3.63) is 12.7 Å². The average molecular weight is 161 g/mol. The third-order valence-electron chi connectivity index (χ3n) is 1.65. The minimum absolute atomic E-state index is 0.359. The van der Waals surface area contributed by atoms with Gasteiger partial charge in [0.2, 0.25) is 0 Å². The zero-order chi connectivity index (χ0) is 8.48. The lowest BCUT2D eigenvalue weighted by Crippen LogP contribution is -2.28. The molecule has 2 nitrogen and oxygen atoms in total. The number of alkyl halides is 2. The van der Waals surface area contributed by atoms with Gasteiger partial charge in [0.1, 0.15) is 0 Å². The van der Waals surface area contributed by atoms with Crippen molar-refractivity contribution in [1.29, 1.82) is 0 Å². The fourth-order valence-corrected chi connectivity index (χ4v) is 1.06. The van der Waals surface area contributed by atoms with Gasteiger partial charge >= 0.3 is 0 Å². The number of hydrogen-bond acceptors (Lipinski definition) is 2. The highest BCUT2D eigenvalue weighted by molar-refractivity contribution is 5.94. The van der Waals surface area contributed by atoms with Crippen LogP contribution in [0.3, 0.4) is 0 Å². The summed E-state index contributed by atoms with van der Waals surface area (Å²) in [6, 6.07) is -0.734. The van der Waals surface area contributed by atoms with E-state index in [1.54, 1.807) is 0 Å². The molecular weight excluding hydrogens is 152 g/mol. The Kier molecular flexibility index (Phi) is 2.04. The van der Waals surface area contributed by atoms with Crippen molar-refractivity contribution in [2.75, 3.05) is 6.54 Å². The molecule has 0 aromatic rings. The van der Waals surface area contributed by atoms with Crippen molar-refractivity contribution in [2.24, 2.45) is 0 Å². The van der Waals surface area contributed by atoms with Gasteiger partial charge in [-0.25, -0.2) is 8.78 Å². The number of hydrogen-bond donors (Lipinski definition) is 1. The predicted molar refractivity (Wildman–Crippen MR) is 36.6 cm³/mol. The van der Waals surface area contributed by atoms with Crippen molar-refractivity contribution < 1.29 is 13.6 Å². The standard InChI is InChI=1S/C7H9F2NO/c1-2-6(11)5-3-7(8,9)4-10-5/h2,5,10H,1,3-4H2/t5-/m0/s1. The molecule has 0 saturated carbocycles. The van der Waals surface area contributed by atoms with Crippen LogP contribution in [0.2, 0.25) is 0 Å². The Morgan fingerprint density at radius 3 is 2.73 bits per heavy atom. The molecule has 0 amide bonds. The van der Waals surface area contributed by atoms with E-state index in [1.807, 2.05) is 0 Å². The summed E-state index contributed by atoms with van der Waals surface area (Å²) in [5.41, 5.74) is 0. The van der Waals surface area contributed by atoms with E-state index in [2.05, 4.69) is 11.9 Å². The molecule has 0 aromatic heterocycles. The van der Waals surface area contributed by atoms with Gasteiger partial charge in [0, 0.05) is 6.42 Å².